The zero-order chi connectivity index (χ0) is 21.3. The van der Waals surface area contributed by atoms with Crippen LogP contribution in [0.3, 0.4) is 0 Å². The third kappa shape index (κ3) is 4.12. The third-order valence-corrected chi connectivity index (χ3v) is 7.87. The molecule has 158 valence electrons. The molecule has 2 heterocycles. The van der Waals surface area contributed by atoms with E-state index in [1.165, 1.54) is 0 Å². The van der Waals surface area contributed by atoms with Crippen LogP contribution in [0.4, 0.5) is 0 Å². The number of rotatable bonds is 5. The van der Waals surface area contributed by atoms with E-state index in [9.17, 15) is 18.0 Å². The minimum absolute atomic E-state index is 0.00610. The minimum Gasteiger partial charge on any atom is -0.338 e. The molecule has 0 bridgehead atoms. The summed E-state index contributed by atoms with van der Waals surface area (Å²) in [6, 6.07) is 19.1. The van der Waals surface area contributed by atoms with Gasteiger partial charge in [0.25, 0.3) is 0 Å². The lowest BCUT2D eigenvalue weighted by atomic mass is 9.96. The van der Waals surface area contributed by atoms with Gasteiger partial charge in [-0.05, 0) is 17.5 Å². The fourth-order valence-electron chi connectivity index (χ4n) is 4.60. The van der Waals surface area contributed by atoms with Gasteiger partial charge in [0.05, 0.1) is 23.5 Å². The van der Waals surface area contributed by atoms with Crippen molar-refractivity contribution in [1.29, 1.82) is 0 Å². The standard InChI is InChI=1S/C23H26N2O4S/c1-24(22(17-8-4-2-5-9-17)18-10-6-3-7-11-18)23(27)19-14-21(26)25(15-19)20-12-13-30(28,29)16-20/h2-11,19-20,22H,12-16H2,1H3/t19-,20-/m1/s1. The molecule has 0 aromatic heterocycles. The van der Waals surface area contributed by atoms with Gasteiger partial charge >= 0.3 is 0 Å². The molecule has 2 aromatic carbocycles. The zero-order valence-electron chi connectivity index (χ0n) is 17.0. The SMILES string of the molecule is CN(C(=O)[C@@H]1CC(=O)N([C@@H]2CCS(=O)(=O)C2)C1)C(c1ccccc1)c1ccccc1. The Kier molecular flexibility index (Phi) is 5.64. The maximum absolute atomic E-state index is 13.4. The molecule has 0 unspecified atom stereocenters. The van der Waals surface area contributed by atoms with Crippen LogP contribution < -0.4 is 0 Å². The molecule has 0 N–H and O–H groups in total. The zero-order valence-corrected chi connectivity index (χ0v) is 17.8. The molecule has 6 nitrogen and oxygen atoms in total. The summed E-state index contributed by atoms with van der Waals surface area (Å²) in [5.74, 6) is -0.555. The van der Waals surface area contributed by atoms with Gasteiger partial charge < -0.3 is 9.80 Å². The Balaban J connectivity index is 1.55. The monoisotopic (exact) mass is 426 g/mol. The molecule has 2 amide bonds. The minimum atomic E-state index is -3.09. The van der Waals surface area contributed by atoms with Crippen molar-refractivity contribution >= 4 is 21.7 Å². The summed E-state index contributed by atoms with van der Waals surface area (Å²) in [4.78, 5) is 29.3. The summed E-state index contributed by atoms with van der Waals surface area (Å²) in [5, 5.41) is 0. The maximum atomic E-state index is 13.4. The van der Waals surface area contributed by atoms with Gasteiger partial charge in [0.2, 0.25) is 11.8 Å². The lowest BCUT2D eigenvalue weighted by Crippen LogP contribution is -2.40. The van der Waals surface area contributed by atoms with Crippen molar-refractivity contribution in [2.24, 2.45) is 5.92 Å². The van der Waals surface area contributed by atoms with Gasteiger partial charge in [0.15, 0.2) is 9.84 Å². The molecule has 0 saturated carbocycles. The summed E-state index contributed by atoms with van der Waals surface area (Å²) in [5.41, 5.74) is 2.00. The highest BCUT2D eigenvalue weighted by Crippen LogP contribution is 2.32. The number of amides is 2. The molecule has 2 aromatic rings. The summed E-state index contributed by atoms with van der Waals surface area (Å²) in [6.07, 6.45) is 0.595. The van der Waals surface area contributed by atoms with Crippen LogP contribution in [0, 0.1) is 5.92 Å². The lowest BCUT2D eigenvalue weighted by molar-refractivity contribution is -0.136. The van der Waals surface area contributed by atoms with E-state index >= 15 is 0 Å². The van der Waals surface area contributed by atoms with E-state index < -0.39 is 15.8 Å². The topological polar surface area (TPSA) is 74.8 Å². The molecule has 0 spiro atoms. The molecule has 2 atom stereocenters. The molecule has 2 aliphatic rings. The molecular formula is C23H26N2O4S. The van der Waals surface area contributed by atoms with Gasteiger partial charge in [0, 0.05) is 26.1 Å². The predicted octanol–water partition coefficient (Wildman–Crippen LogP) is 2.27. The van der Waals surface area contributed by atoms with E-state index in [4.69, 9.17) is 0 Å². The Morgan fingerprint density at radius 3 is 2.10 bits per heavy atom. The fraction of sp³-hybridized carbons (Fsp3) is 0.391. The van der Waals surface area contributed by atoms with Crippen LogP contribution in [-0.4, -0.2) is 61.2 Å². The summed E-state index contributed by atoms with van der Waals surface area (Å²) >= 11 is 0. The highest BCUT2D eigenvalue weighted by molar-refractivity contribution is 7.91. The van der Waals surface area contributed by atoms with E-state index in [2.05, 4.69) is 0 Å². The van der Waals surface area contributed by atoms with Crippen molar-refractivity contribution in [2.45, 2.75) is 24.9 Å². The van der Waals surface area contributed by atoms with E-state index in [-0.39, 0.29) is 41.8 Å². The van der Waals surface area contributed by atoms with Crippen LogP contribution in [-0.2, 0) is 19.4 Å². The van der Waals surface area contributed by atoms with Crippen molar-refractivity contribution in [3.8, 4) is 0 Å². The average Bonchev–Trinajstić information content (AvgIpc) is 3.31. The molecule has 0 aliphatic carbocycles. The number of hydrogen-bond acceptors (Lipinski definition) is 4. The Hall–Kier alpha value is -2.67. The number of sulfone groups is 1. The van der Waals surface area contributed by atoms with Gasteiger partial charge in [0.1, 0.15) is 0 Å². The first kappa shape index (κ1) is 20.6. The number of carbonyl (C=O) groups excluding carboxylic acids is 2. The van der Waals surface area contributed by atoms with Gasteiger partial charge in [-0.3, -0.25) is 9.59 Å². The lowest BCUT2D eigenvalue weighted by Gasteiger charge is -2.31. The van der Waals surface area contributed by atoms with E-state index in [0.717, 1.165) is 11.1 Å². The fourth-order valence-corrected chi connectivity index (χ4v) is 6.33. The number of likely N-dealkylation sites (tertiary alicyclic amines) is 1. The molecular weight excluding hydrogens is 400 g/mol. The predicted molar refractivity (Wildman–Crippen MR) is 114 cm³/mol. The van der Waals surface area contributed by atoms with Gasteiger partial charge in [-0.2, -0.15) is 0 Å². The van der Waals surface area contributed by atoms with E-state index in [0.29, 0.717) is 13.0 Å². The first-order chi connectivity index (χ1) is 14.4. The van der Waals surface area contributed by atoms with Crippen LogP contribution >= 0.6 is 0 Å². The normalized spacial score (nSPS) is 23.1. The van der Waals surface area contributed by atoms with Crippen LogP contribution in [0.15, 0.2) is 60.7 Å². The first-order valence-corrected chi connectivity index (χ1v) is 12.0. The van der Waals surface area contributed by atoms with E-state index in [1.807, 2.05) is 60.7 Å². The number of hydrogen-bond donors (Lipinski definition) is 0. The van der Waals surface area contributed by atoms with Crippen LogP contribution in [0.2, 0.25) is 0 Å². The molecule has 30 heavy (non-hydrogen) atoms. The van der Waals surface area contributed by atoms with Crippen molar-refractivity contribution in [2.75, 3.05) is 25.1 Å². The maximum Gasteiger partial charge on any atom is 0.228 e. The second-order valence-electron chi connectivity index (χ2n) is 8.18. The Morgan fingerprint density at radius 1 is 1.03 bits per heavy atom. The average molecular weight is 427 g/mol. The number of nitrogens with zero attached hydrogens (tertiary/aromatic N) is 2. The molecule has 7 heteroatoms. The summed E-state index contributed by atoms with van der Waals surface area (Å²) < 4.78 is 23.6. The van der Waals surface area contributed by atoms with Gasteiger partial charge in [-0.15, -0.1) is 0 Å². The second kappa shape index (κ2) is 8.22. The highest BCUT2D eigenvalue weighted by Gasteiger charge is 2.43. The number of carbonyl (C=O) groups is 2. The molecule has 2 saturated heterocycles. The van der Waals surface area contributed by atoms with Crippen LogP contribution in [0.1, 0.15) is 30.0 Å². The van der Waals surface area contributed by atoms with Crippen molar-refractivity contribution in [1.82, 2.24) is 9.80 Å². The second-order valence-corrected chi connectivity index (χ2v) is 10.4. The van der Waals surface area contributed by atoms with Crippen LogP contribution in [0.25, 0.3) is 0 Å². The molecule has 0 radical (unpaired) electrons. The van der Waals surface area contributed by atoms with Crippen molar-refractivity contribution in [3.05, 3.63) is 71.8 Å². The molecule has 2 aliphatic heterocycles. The van der Waals surface area contributed by atoms with E-state index in [1.54, 1.807) is 16.8 Å². The quantitative estimate of drug-likeness (QED) is 0.735. The number of benzene rings is 2. The Labute approximate surface area is 177 Å². The highest BCUT2D eigenvalue weighted by atomic mass is 32.2. The molecule has 2 fully saturated rings. The summed E-state index contributed by atoms with van der Waals surface area (Å²) in [7, 11) is -1.31. The summed E-state index contributed by atoms with van der Waals surface area (Å²) in [6.45, 7) is 0.290. The van der Waals surface area contributed by atoms with Crippen molar-refractivity contribution in [3.63, 3.8) is 0 Å². The van der Waals surface area contributed by atoms with Gasteiger partial charge in [-0.1, -0.05) is 60.7 Å². The van der Waals surface area contributed by atoms with Crippen molar-refractivity contribution < 1.29 is 18.0 Å². The largest absolute Gasteiger partial charge is 0.338 e. The first-order valence-electron chi connectivity index (χ1n) is 10.2. The third-order valence-electron chi connectivity index (χ3n) is 6.12. The Morgan fingerprint density at radius 2 is 1.60 bits per heavy atom. The smallest absolute Gasteiger partial charge is 0.228 e. The van der Waals surface area contributed by atoms with Crippen LogP contribution in [0.5, 0.6) is 0 Å². The van der Waals surface area contributed by atoms with Gasteiger partial charge in [-0.25, -0.2) is 8.42 Å². The Bertz CT molecular complexity index is 984. The molecule has 4 rings (SSSR count).